The second-order valence-corrected chi connectivity index (χ2v) is 6.97. The molecule has 0 saturated carbocycles. The van der Waals surface area contributed by atoms with Crippen LogP contribution in [0.1, 0.15) is 36.7 Å². The van der Waals surface area contributed by atoms with Crippen molar-refractivity contribution in [1.82, 2.24) is 0 Å². The minimum Gasteiger partial charge on any atom is -0.454 e. The highest BCUT2D eigenvalue weighted by molar-refractivity contribution is 6.06. The molecule has 3 rings (SSSR count). The third kappa shape index (κ3) is 4.11. The van der Waals surface area contributed by atoms with Crippen LogP contribution in [0.4, 0.5) is 0 Å². The molecule has 0 atom stereocenters. The zero-order chi connectivity index (χ0) is 18.7. The van der Waals surface area contributed by atoms with Gasteiger partial charge >= 0.3 is 5.97 Å². The van der Waals surface area contributed by atoms with Crippen LogP contribution in [-0.2, 0) is 4.79 Å². The van der Waals surface area contributed by atoms with E-state index in [-0.39, 0.29) is 18.5 Å². The fraction of sp³-hybridized carbons (Fsp3) is 0.238. The molecule has 0 unspecified atom stereocenters. The summed E-state index contributed by atoms with van der Waals surface area (Å²) < 4.78 is 15.9. The van der Waals surface area contributed by atoms with Crippen LogP contribution < -0.4 is 14.2 Å². The maximum atomic E-state index is 12.3. The Kier molecular flexibility index (Phi) is 4.80. The molecule has 1 aliphatic heterocycles. The van der Waals surface area contributed by atoms with Crippen LogP contribution in [0.25, 0.3) is 6.08 Å². The van der Waals surface area contributed by atoms with Crippen molar-refractivity contribution < 1.29 is 23.8 Å². The van der Waals surface area contributed by atoms with Crippen LogP contribution in [0.15, 0.2) is 48.5 Å². The van der Waals surface area contributed by atoms with Crippen molar-refractivity contribution in [3.05, 3.63) is 59.7 Å². The summed E-state index contributed by atoms with van der Waals surface area (Å²) in [5, 5.41) is 0. The van der Waals surface area contributed by atoms with Gasteiger partial charge in [0.2, 0.25) is 6.79 Å². The molecule has 26 heavy (non-hydrogen) atoms. The summed E-state index contributed by atoms with van der Waals surface area (Å²) in [6, 6.07) is 12.0. The average molecular weight is 352 g/mol. The van der Waals surface area contributed by atoms with E-state index in [4.69, 9.17) is 14.2 Å². The number of hydrogen-bond donors (Lipinski definition) is 0. The minimum absolute atomic E-state index is 0.142. The summed E-state index contributed by atoms with van der Waals surface area (Å²) in [5.41, 5.74) is 0.776. The number of rotatable bonds is 4. The van der Waals surface area contributed by atoms with Gasteiger partial charge in [0, 0.05) is 5.56 Å². The van der Waals surface area contributed by atoms with E-state index in [2.05, 4.69) is 0 Å². The van der Waals surface area contributed by atoms with Gasteiger partial charge in [-0.1, -0.05) is 12.1 Å². The quantitative estimate of drug-likeness (QED) is 0.356. The predicted molar refractivity (Wildman–Crippen MR) is 97.5 cm³/mol. The average Bonchev–Trinajstić information content (AvgIpc) is 3.07. The number of hydrogen-bond acceptors (Lipinski definition) is 5. The molecule has 0 aliphatic carbocycles. The van der Waals surface area contributed by atoms with E-state index in [1.165, 1.54) is 6.08 Å². The first-order valence-electron chi connectivity index (χ1n) is 8.27. The molecule has 2 aromatic carbocycles. The molecule has 5 heteroatoms. The number of carbonyl (C=O) groups is 2. The molecule has 0 spiro atoms. The lowest BCUT2D eigenvalue weighted by Gasteiger charge is -2.16. The zero-order valence-corrected chi connectivity index (χ0v) is 14.9. The lowest BCUT2D eigenvalue weighted by atomic mass is 9.97. The van der Waals surface area contributed by atoms with E-state index < -0.39 is 5.41 Å². The number of allylic oxidation sites excluding steroid dienone is 1. The first kappa shape index (κ1) is 17.7. The molecule has 0 bridgehead atoms. The number of ketones is 1. The third-order valence-electron chi connectivity index (χ3n) is 3.79. The maximum Gasteiger partial charge on any atom is 0.316 e. The van der Waals surface area contributed by atoms with E-state index in [1.807, 2.05) is 18.2 Å². The lowest BCUT2D eigenvalue weighted by molar-refractivity contribution is -0.142. The van der Waals surface area contributed by atoms with Crippen LogP contribution in [0.5, 0.6) is 17.2 Å². The Morgan fingerprint density at radius 3 is 2.38 bits per heavy atom. The van der Waals surface area contributed by atoms with E-state index in [0.29, 0.717) is 22.8 Å². The summed E-state index contributed by atoms with van der Waals surface area (Å²) in [4.78, 5) is 24.2. The Balaban J connectivity index is 1.65. The van der Waals surface area contributed by atoms with Crippen LogP contribution in [0, 0.1) is 5.41 Å². The van der Waals surface area contributed by atoms with Gasteiger partial charge < -0.3 is 14.2 Å². The highest BCUT2D eigenvalue weighted by atomic mass is 16.7. The van der Waals surface area contributed by atoms with Gasteiger partial charge in [-0.25, -0.2) is 0 Å². The van der Waals surface area contributed by atoms with E-state index >= 15 is 0 Å². The molecule has 0 aromatic heterocycles. The van der Waals surface area contributed by atoms with Crippen LogP contribution >= 0.6 is 0 Å². The minimum atomic E-state index is -0.582. The molecule has 2 aromatic rings. The highest BCUT2D eigenvalue weighted by Crippen LogP contribution is 2.32. The normalized spacial score (nSPS) is 13.0. The van der Waals surface area contributed by atoms with Crippen molar-refractivity contribution in [2.45, 2.75) is 20.8 Å². The Bertz CT molecular complexity index is 857. The summed E-state index contributed by atoms with van der Waals surface area (Å²) in [7, 11) is 0. The molecule has 1 heterocycles. The molecule has 0 fully saturated rings. The van der Waals surface area contributed by atoms with Crippen molar-refractivity contribution >= 4 is 17.8 Å². The van der Waals surface area contributed by atoms with Gasteiger partial charge in [0.15, 0.2) is 17.3 Å². The SMILES string of the molecule is CC(C)(C)C(=O)Oc1ccc(C(=O)/C=C/c2ccc3c(c2)OCO3)cc1. The summed E-state index contributed by atoms with van der Waals surface area (Å²) in [5.74, 6) is 1.33. The van der Waals surface area contributed by atoms with Crippen LogP contribution in [0.2, 0.25) is 0 Å². The molecular weight excluding hydrogens is 332 g/mol. The Labute approximate surface area is 152 Å². The van der Waals surface area contributed by atoms with Crippen molar-refractivity contribution in [3.8, 4) is 17.2 Å². The number of benzene rings is 2. The number of carbonyl (C=O) groups excluding carboxylic acids is 2. The lowest BCUT2D eigenvalue weighted by Crippen LogP contribution is -2.25. The molecule has 0 N–H and O–H groups in total. The predicted octanol–water partition coefficient (Wildman–Crippen LogP) is 4.26. The van der Waals surface area contributed by atoms with Gasteiger partial charge in [-0.15, -0.1) is 0 Å². The fourth-order valence-electron chi connectivity index (χ4n) is 2.23. The molecule has 0 saturated heterocycles. The maximum absolute atomic E-state index is 12.3. The van der Waals surface area contributed by atoms with Crippen LogP contribution in [0.3, 0.4) is 0 Å². The monoisotopic (exact) mass is 352 g/mol. The van der Waals surface area contributed by atoms with Gasteiger partial charge in [0.05, 0.1) is 5.41 Å². The topological polar surface area (TPSA) is 61.8 Å². The van der Waals surface area contributed by atoms with Gasteiger partial charge in [-0.2, -0.15) is 0 Å². The van der Waals surface area contributed by atoms with Crippen molar-refractivity contribution in [2.75, 3.05) is 6.79 Å². The van der Waals surface area contributed by atoms with Gasteiger partial charge in [0.1, 0.15) is 5.75 Å². The van der Waals surface area contributed by atoms with Gasteiger partial charge in [-0.3, -0.25) is 9.59 Å². The molecular formula is C21H20O5. The Morgan fingerprint density at radius 2 is 1.69 bits per heavy atom. The van der Waals surface area contributed by atoms with Crippen molar-refractivity contribution in [3.63, 3.8) is 0 Å². The van der Waals surface area contributed by atoms with Crippen molar-refractivity contribution in [2.24, 2.45) is 5.41 Å². The molecule has 1 aliphatic rings. The number of ether oxygens (including phenoxy) is 3. The smallest absolute Gasteiger partial charge is 0.316 e. The first-order chi connectivity index (χ1) is 12.3. The van der Waals surface area contributed by atoms with Gasteiger partial charge in [-0.05, 0) is 68.8 Å². The standard InChI is InChI=1S/C21H20O5/c1-21(2,3)20(23)26-16-8-6-15(7-9-16)17(22)10-4-14-5-11-18-19(12-14)25-13-24-18/h4-12H,13H2,1-3H3/b10-4+. The fourth-order valence-corrected chi connectivity index (χ4v) is 2.23. The first-order valence-corrected chi connectivity index (χ1v) is 8.27. The van der Waals surface area contributed by atoms with Gasteiger partial charge in [0.25, 0.3) is 0 Å². The van der Waals surface area contributed by atoms with Crippen molar-refractivity contribution in [1.29, 1.82) is 0 Å². The third-order valence-corrected chi connectivity index (χ3v) is 3.79. The number of fused-ring (bicyclic) bond motifs is 1. The molecule has 5 nitrogen and oxygen atoms in total. The second kappa shape index (κ2) is 7.04. The Hall–Kier alpha value is -3.08. The molecule has 134 valence electrons. The van der Waals surface area contributed by atoms with Crippen LogP contribution in [-0.4, -0.2) is 18.5 Å². The number of esters is 1. The summed E-state index contributed by atoms with van der Waals surface area (Å²) in [6.45, 7) is 5.57. The molecule has 0 amide bonds. The second-order valence-electron chi connectivity index (χ2n) is 6.97. The zero-order valence-electron chi connectivity index (χ0n) is 14.9. The molecule has 0 radical (unpaired) electrons. The largest absolute Gasteiger partial charge is 0.454 e. The van der Waals surface area contributed by atoms with E-state index in [1.54, 1.807) is 51.1 Å². The van der Waals surface area contributed by atoms with E-state index in [9.17, 15) is 9.59 Å². The highest BCUT2D eigenvalue weighted by Gasteiger charge is 2.23. The Morgan fingerprint density at radius 1 is 1.00 bits per heavy atom. The summed E-state index contributed by atoms with van der Waals surface area (Å²) >= 11 is 0. The van der Waals surface area contributed by atoms with E-state index in [0.717, 1.165) is 5.56 Å². The summed E-state index contributed by atoms with van der Waals surface area (Å²) in [6.07, 6.45) is 3.21.